The molecule has 0 aliphatic heterocycles. The lowest BCUT2D eigenvalue weighted by Crippen LogP contribution is -1.98. The summed E-state index contributed by atoms with van der Waals surface area (Å²) in [5, 5.41) is 10.4. The second-order valence-electron chi connectivity index (χ2n) is 3.35. The van der Waals surface area contributed by atoms with Gasteiger partial charge in [0.2, 0.25) is 10.6 Å². The molecule has 2 rings (SSSR count). The molecule has 0 saturated carbocycles. The SMILES string of the molecule is COc1cc([N+](=O)[O-])ccc1Oc1nc(Cl)nc(Cl)n1. The van der Waals surface area contributed by atoms with Gasteiger partial charge in [-0.05, 0) is 29.3 Å². The first kappa shape index (κ1) is 14.2. The quantitative estimate of drug-likeness (QED) is 0.631. The second-order valence-corrected chi connectivity index (χ2v) is 4.03. The second kappa shape index (κ2) is 5.85. The highest BCUT2D eigenvalue weighted by Crippen LogP contribution is 2.33. The van der Waals surface area contributed by atoms with Crippen LogP contribution < -0.4 is 9.47 Å². The topological polar surface area (TPSA) is 100 Å². The summed E-state index contributed by atoms with van der Waals surface area (Å²) in [7, 11) is 1.35. The molecule has 0 radical (unpaired) electrons. The zero-order chi connectivity index (χ0) is 14.7. The Labute approximate surface area is 122 Å². The van der Waals surface area contributed by atoms with E-state index in [1.807, 2.05) is 0 Å². The summed E-state index contributed by atoms with van der Waals surface area (Å²) in [5.41, 5.74) is -0.138. The van der Waals surface area contributed by atoms with Crippen molar-refractivity contribution in [2.45, 2.75) is 0 Å². The van der Waals surface area contributed by atoms with Gasteiger partial charge in [-0.15, -0.1) is 0 Å². The molecule has 0 bridgehead atoms. The van der Waals surface area contributed by atoms with Gasteiger partial charge >= 0.3 is 6.01 Å². The lowest BCUT2D eigenvalue weighted by Gasteiger charge is -2.08. The molecular weight excluding hydrogens is 311 g/mol. The van der Waals surface area contributed by atoms with Crippen molar-refractivity contribution in [1.82, 2.24) is 15.0 Å². The first-order valence-electron chi connectivity index (χ1n) is 5.07. The van der Waals surface area contributed by atoms with Crippen molar-refractivity contribution >= 4 is 28.9 Å². The van der Waals surface area contributed by atoms with Crippen molar-refractivity contribution in [1.29, 1.82) is 0 Å². The summed E-state index contributed by atoms with van der Waals surface area (Å²) in [6, 6.07) is 3.66. The molecule has 0 atom stereocenters. The molecule has 1 heterocycles. The Morgan fingerprint density at radius 2 is 1.80 bits per heavy atom. The van der Waals surface area contributed by atoms with E-state index in [2.05, 4.69) is 15.0 Å². The third kappa shape index (κ3) is 3.22. The van der Waals surface area contributed by atoms with E-state index >= 15 is 0 Å². The molecule has 0 saturated heterocycles. The minimum Gasteiger partial charge on any atom is -0.493 e. The predicted molar refractivity (Wildman–Crippen MR) is 69.6 cm³/mol. The van der Waals surface area contributed by atoms with Crippen LogP contribution in [0.2, 0.25) is 10.6 Å². The molecule has 8 nitrogen and oxygen atoms in total. The Bertz CT molecular complexity index is 647. The maximum atomic E-state index is 10.7. The first-order chi connectivity index (χ1) is 9.49. The van der Waals surface area contributed by atoms with Crippen molar-refractivity contribution in [3.05, 3.63) is 38.9 Å². The van der Waals surface area contributed by atoms with E-state index in [-0.39, 0.29) is 33.8 Å². The molecular formula is C10H6Cl2N4O4. The normalized spacial score (nSPS) is 10.2. The lowest BCUT2D eigenvalue weighted by molar-refractivity contribution is -0.384. The molecule has 1 aromatic heterocycles. The van der Waals surface area contributed by atoms with Gasteiger partial charge in [-0.1, -0.05) is 0 Å². The van der Waals surface area contributed by atoms with Gasteiger partial charge in [-0.3, -0.25) is 10.1 Å². The van der Waals surface area contributed by atoms with E-state index in [4.69, 9.17) is 32.7 Å². The van der Waals surface area contributed by atoms with Gasteiger partial charge in [0.15, 0.2) is 11.5 Å². The number of hydrogen-bond acceptors (Lipinski definition) is 7. The fourth-order valence-electron chi connectivity index (χ4n) is 1.31. The van der Waals surface area contributed by atoms with Crippen LogP contribution in [0.25, 0.3) is 0 Å². The fourth-order valence-corrected chi connectivity index (χ4v) is 1.66. The Kier molecular flexibility index (Phi) is 4.16. The first-order valence-corrected chi connectivity index (χ1v) is 5.82. The van der Waals surface area contributed by atoms with E-state index in [0.29, 0.717) is 0 Å². The summed E-state index contributed by atoms with van der Waals surface area (Å²) in [6.45, 7) is 0. The molecule has 0 aliphatic carbocycles. The number of aromatic nitrogens is 3. The van der Waals surface area contributed by atoms with Gasteiger partial charge in [-0.25, -0.2) is 0 Å². The van der Waals surface area contributed by atoms with E-state index in [1.54, 1.807) is 0 Å². The standard InChI is InChI=1S/C10H6Cl2N4O4/c1-19-7-4-5(16(17)18)2-3-6(7)20-10-14-8(11)13-9(12)15-10/h2-4H,1H3. The third-order valence-corrected chi connectivity index (χ3v) is 2.46. The van der Waals surface area contributed by atoms with Crippen LogP contribution in [0.3, 0.4) is 0 Å². The van der Waals surface area contributed by atoms with Crippen molar-refractivity contribution in [2.24, 2.45) is 0 Å². The van der Waals surface area contributed by atoms with E-state index < -0.39 is 4.92 Å². The van der Waals surface area contributed by atoms with Crippen LogP contribution in [0.15, 0.2) is 18.2 Å². The molecule has 0 spiro atoms. The summed E-state index contributed by atoms with van der Waals surface area (Å²) in [5.74, 6) is 0.322. The maximum Gasteiger partial charge on any atom is 0.327 e. The summed E-state index contributed by atoms with van der Waals surface area (Å²) in [6.07, 6.45) is 0. The molecule has 0 fully saturated rings. The molecule has 2 aromatic rings. The van der Waals surface area contributed by atoms with Crippen molar-refractivity contribution in [3.8, 4) is 17.5 Å². The monoisotopic (exact) mass is 316 g/mol. The molecule has 1 aromatic carbocycles. The largest absolute Gasteiger partial charge is 0.493 e. The van der Waals surface area contributed by atoms with Gasteiger partial charge in [0.25, 0.3) is 5.69 Å². The molecule has 0 aliphatic rings. The van der Waals surface area contributed by atoms with Gasteiger partial charge in [0.1, 0.15) is 0 Å². The zero-order valence-electron chi connectivity index (χ0n) is 9.91. The number of hydrogen-bond donors (Lipinski definition) is 0. The van der Waals surface area contributed by atoms with Crippen LogP contribution in [-0.2, 0) is 0 Å². The minimum absolute atomic E-state index is 0.138. The van der Waals surface area contributed by atoms with Gasteiger partial charge in [-0.2, -0.15) is 15.0 Å². The highest BCUT2D eigenvalue weighted by atomic mass is 35.5. The Balaban J connectivity index is 2.35. The number of halogens is 2. The lowest BCUT2D eigenvalue weighted by atomic mass is 10.3. The van der Waals surface area contributed by atoms with E-state index in [9.17, 15) is 10.1 Å². The van der Waals surface area contributed by atoms with E-state index in [1.165, 1.54) is 25.3 Å². The summed E-state index contributed by atoms with van der Waals surface area (Å²) < 4.78 is 10.3. The van der Waals surface area contributed by atoms with Gasteiger partial charge in [0.05, 0.1) is 18.1 Å². The Morgan fingerprint density at radius 1 is 1.15 bits per heavy atom. The number of ether oxygens (including phenoxy) is 2. The van der Waals surface area contributed by atoms with Crippen molar-refractivity contribution in [2.75, 3.05) is 7.11 Å². The molecule has 104 valence electrons. The number of nitro groups is 1. The predicted octanol–water partition coefficient (Wildman–Crippen LogP) is 2.89. The van der Waals surface area contributed by atoms with Crippen molar-refractivity contribution < 1.29 is 14.4 Å². The van der Waals surface area contributed by atoms with Gasteiger partial charge in [0, 0.05) is 6.07 Å². The van der Waals surface area contributed by atoms with Gasteiger partial charge < -0.3 is 9.47 Å². The van der Waals surface area contributed by atoms with Crippen LogP contribution in [0.1, 0.15) is 0 Å². The molecule has 0 N–H and O–H groups in total. The Hall–Kier alpha value is -2.19. The van der Waals surface area contributed by atoms with Crippen LogP contribution in [0.4, 0.5) is 5.69 Å². The fraction of sp³-hybridized carbons (Fsp3) is 0.100. The molecule has 0 unspecified atom stereocenters. The maximum absolute atomic E-state index is 10.7. The number of methoxy groups -OCH3 is 1. The van der Waals surface area contributed by atoms with Crippen molar-refractivity contribution in [3.63, 3.8) is 0 Å². The number of rotatable bonds is 4. The number of nitrogens with zero attached hydrogens (tertiary/aromatic N) is 4. The highest BCUT2D eigenvalue weighted by molar-refractivity contribution is 6.31. The summed E-state index contributed by atoms with van der Waals surface area (Å²) >= 11 is 11.2. The average molecular weight is 317 g/mol. The van der Waals surface area contributed by atoms with Crippen LogP contribution in [-0.4, -0.2) is 27.0 Å². The molecule has 20 heavy (non-hydrogen) atoms. The zero-order valence-corrected chi connectivity index (χ0v) is 11.4. The average Bonchev–Trinajstić information content (AvgIpc) is 2.37. The third-order valence-electron chi connectivity index (χ3n) is 2.12. The van der Waals surface area contributed by atoms with Crippen LogP contribution in [0, 0.1) is 10.1 Å². The summed E-state index contributed by atoms with van der Waals surface area (Å²) in [4.78, 5) is 21.1. The smallest absolute Gasteiger partial charge is 0.327 e. The number of non-ortho nitro benzene ring substituents is 1. The highest BCUT2D eigenvalue weighted by Gasteiger charge is 2.14. The Morgan fingerprint density at radius 3 is 2.35 bits per heavy atom. The minimum atomic E-state index is -0.553. The van der Waals surface area contributed by atoms with E-state index in [0.717, 1.165) is 0 Å². The number of benzene rings is 1. The van der Waals surface area contributed by atoms with Crippen LogP contribution in [0.5, 0.6) is 17.5 Å². The molecule has 10 heteroatoms. The molecule has 0 amide bonds. The number of nitro benzene ring substituents is 1. The van der Waals surface area contributed by atoms with Crippen LogP contribution >= 0.6 is 23.2 Å².